The van der Waals surface area contributed by atoms with Gasteiger partial charge in [0.1, 0.15) is 0 Å². The van der Waals surface area contributed by atoms with Crippen molar-refractivity contribution in [3.8, 4) is 0 Å². The van der Waals surface area contributed by atoms with Crippen LogP contribution in [0, 0.1) is 5.41 Å². The van der Waals surface area contributed by atoms with Crippen LogP contribution in [0.1, 0.15) is 27.7 Å². The summed E-state index contributed by atoms with van der Waals surface area (Å²) in [5.41, 5.74) is 0.500. The van der Waals surface area contributed by atoms with E-state index in [4.69, 9.17) is 0 Å². The van der Waals surface area contributed by atoms with E-state index in [9.17, 15) is 0 Å². The highest BCUT2D eigenvalue weighted by Crippen LogP contribution is 2.07. The fourth-order valence-corrected chi connectivity index (χ4v) is 0. The van der Waals surface area contributed by atoms with Crippen molar-refractivity contribution in [1.29, 1.82) is 0 Å². The van der Waals surface area contributed by atoms with Gasteiger partial charge in [0, 0.05) is 37.2 Å². The first-order valence-electron chi connectivity index (χ1n) is 2.14. The quantitative estimate of drug-likeness (QED) is 0.594. The summed E-state index contributed by atoms with van der Waals surface area (Å²) in [5.74, 6) is 0. The standard InChI is InChI=1S/C5H12.I2/c1-5(2,3)4;1-2/h1-4H3;. The molecule has 0 atom stereocenters. The summed E-state index contributed by atoms with van der Waals surface area (Å²) in [6, 6.07) is 0. The van der Waals surface area contributed by atoms with Crippen molar-refractivity contribution in [2.24, 2.45) is 5.41 Å². The summed E-state index contributed by atoms with van der Waals surface area (Å²) in [6.45, 7) is 8.75. The molecular formula is C5H12I2. The van der Waals surface area contributed by atoms with Crippen molar-refractivity contribution < 1.29 is 0 Å². The van der Waals surface area contributed by atoms with Crippen molar-refractivity contribution in [3.05, 3.63) is 0 Å². The molecule has 46 valence electrons. The largest absolute Gasteiger partial charge is 0.0604 e. The minimum Gasteiger partial charge on any atom is -0.0604 e. The third-order valence-electron chi connectivity index (χ3n) is 0. The molecule has 0 fully saturated rings. The Labute approximate surface area is 69.8 Å². The Morgan fingerprint density at radius 1 is 0.857 bits per heavy atom. The second kappa shape index (κ2) is 5.59. The number of rotatable bonds is 0. The fourth-order valence-electron chi connectivity index (χ4n) is 0. The van der Waals surface area contributed by atoms with Crippen LogP contribution in [0.5, 0.6) is 0 Å². The Morgan fingerprint density at radius 3 is 0.857 bits per heavy atom. The molecule has 0 saturated carbocycles. The van der Waals surface area contributed by atoms with Crippen LogP contribution in [0.15, 0.2) is 0 Å². The van der Waals surface area contributed by atoms with Gasteiger partial charge >= 0.3 is 0 Å². The maximum Gasteiger partial charge on any atom is 0 e. The first-order valence-corrected chi connectivity index (χ1v) is 8.43. The molecule has 0 bridgehead atoms. The van der Waals surface area contributed by atoms with E-state index in [-0.39, 0.29) is 0 Å². The Hall–Kier alpha value is 1.46. The molecule has 0 spiro atoms. The first-order chi connectivity index (χ1) is 3.00. The van der Waals surface area contributed by atoms with Gasteiger partial charge in [0.05, 0.1) is 0 Å². The van der Waals surface area contributed by atoms with Crippen LogP contribution in [0.3, 0.4) is 0 Å². The maximum absolute atomic E-state index is 2.19. The molecule has 0 aromatic heterocycles. The minimum atomic E-state index is 0.500. The zero-order valence-electron chi connectivity index (χ0n) is 5.26. The van der Waals surface area contributed by atoms with Gasteiger partial charge in [-0.05, 0) is 5.41 Å². The molecule has 0 aliphatic heterocycles. The topological polar surface area (TPSA) is 0 Å². The van der Waals surface area contributed by atoms with Crippen LogP contribution < -0.4 is 0 Å². The van der Waals surface area contributed by atoms with E-state index in [2.05, 4.69) is 64.9 Å². The predicted octanol–water partition coefficient (Wildman–Crippen LogP) is 3.82. The van der Waals surface area contributed by atoms with Gasteiger partial charge < -0.3 is 0 Å². The molecule has 0 nitrogen and oxygen atoms in total. The molecular weight excluding hydrogens is 314 g/mol. The van der Waals surface area contributed by atoms with Crippen molar-refractivity contribution in [3.63, 3.8) is 0 Å². The van der Waals surface area contributed by atoms with Crippen LogP contribution in [0.25, 0.3) is 0 Å². The molecule has 0 aliphatic rings. The van der Waals surface area contributed by atoms with Gasteiger partial charge in [0.15, 0.2) is 0 Å². The molecule has 0 aromatic carbocycles. The van der Waals surface area contributed by atoms with E-state index in [0.717, 1.165) is 0 Å². The Kier molecular flexibility index (Phi) is 9.02. The van der Waals surface area contributed by atoms with Crippen LogP contribution in [-0.4, -0.2) is 0 Å². The lowest BCUT2D eigenvalue weighted by atomic mass is 10.0. The van der Waals surface area contributed by atoms with E-state index in [1.54, 1.807) is 0 Å². The molecule has 0 unspecified atom stereocenters. The van der Waals surface area contributed by atoms with Crippen molar-refractivity contribution in [2.45, 2.75) is 27.7 Å². The summed E-state index contributed by atoms with van der Waals surface area (Å²) in [6.07, 6.45) is 0. The third kappa shape index (κ3) is 104. The summed E-state index contributed by atoms with van der Waals surface area (Å²) in [4.78, 5) is 0. The SMILES string of the molecule is CC(C)(C)C.II. The molecule has 0 N–H and O–H groups in total. The smallest absolute Gasteiger partial charge is 0 e. The van der Waals surface area contributed by atoms with Gasteiger partial charge in [-0.25, -0.2) is 0 Å². The third-order valence-corrected chi connectivity index (χ3v) is 0. The highest BCUT2D eigenvalue weighted by Gasteiger charge is 1.95. The molecule has 0 aromatic rings. The van der Waals surface area contributed by atoms with Crippen LogP contribution in [0.4, 0.5) is 0 Å². The summed E-state index contributed by atoms with van der Waals surface area (Å²) >= 11 is 4.24. The normalized spacial score (nSPS) is 9.43. The summed E-state index contributed by atoms with van der Waals surface area (Å²) in [7, 11) is 0. The summed E-state index contributed by atoms with van der Waals surface area (Å²) in [5, 5.41) is 0. The second-order valence-corrected chi connectivity index (χ2v) is 3.00. The van der Waals surface area contributed by atoms with E-state index in [1.165, 1.54) is 0 Å². The lowest BCUT2D eigenvalue weighted by Crippen LogP contribution is -1.93. The number of hydrogen-bond donors (Lipinski definition) is 0. The number of hydrogen-bond acceptors (Lipinski definition) is 0. The van der Waals surface area contributed by atoms with Crippen molar-refractivity contribution in [1.82, 2.24) is 0 Å². The van der Waals surface area contributed by atoms with Crippen molar-refractivity contribution in [2.75, 3.05) is 0 Å². The van der Waals surface area contributed by atoms with Gasteiger partial charge in [0.2, 0.25) is 0 Å². The van der Waals surface area contributed by atoms with Gasteiger partial charge in [0.25, 0.3) is 0 Å². The molecule has 0 rings (SSSR count). The minimum absolute atomic E-state index is 0.500. The van der Waals surface area contributed by atoms with Gasteiger partial charge in [-0.2, -0.15) is 0 Å². The molecule has 0 aliphatic carbocycles. The zero-order valence-corrected chi connectivity index (χ0v) is 9.57. The second-order valence-electron chi connectivity index (χ2n) is 3.00. The van der Waals surface area contributed by atoms with Crippen LogP contribution in [0.2, 0.25) is 0 Å². The Bertz CT molecular complexity index is 21.6. The van der Waals surface area contributed by atoms with E-state index >= 15 is 0 Å². The van der Waals surface area contributed by atoms with E-state index in [1.807, 2.05) is 0 Å². The average molecular weight is 326 g/mol. The van der Waals surface area contributed by atoms with Crippen molar-refractivity contribution >= 4 is 37.2 Å². The lowest BCUT2D eigenvalue weighted by molar-refractivity contribution is 0.469. The highest BCUT2D eigenvalue weighted by molar-refractivity contribution is 15.0. The lowest BCUT2D eigenvalue weighted by Gasteiger charge is -2.05. The van der Waals surface area contributed by atoms with Gasteiger partial charge in [-0.1, -0.05) is 27.7 Å². The predicted molar refractivity (Wildman–Crippen MR) is 53.2 cm³/mol. The van der Waals surface area contributed by atoms with Gasteiger partial charge in [-0.15, -0.1) is 0 Å². The van der Waals surface area contributed by atoms with Gasteiger partial charge in [-0.3, -0.25) is 0 Å². The monoisotopic (exact) mass is 326 g/mol. The molecule has 7 heavy (non-hydrogen) atoms. The first kappa shape index (κ1) is 11.3. The maximum atomic E-state index is 2.19. The van der Waals surface area contributed by atoms with E-state index in [0.29, 0.717) is 5.41 Å². The fraction of sp³-hybridized carbons (Fsp3) is 1.00. The zero-order chi connectivity index (χ0) is 6.50. The van der Waals surface area contributed by atoms with Crippen LogP contribution in [-0.2, 0) is 0 Å². The van der Waals surface area contributed by atoms with E-state index < -0.39 is 0 Å². The molecule has 0 saturated heterocycles. The molecule has 0 radical (unpaired) electrons. The van der Waals surface area contributed by atoms with Crippen LogP contribution >= 0.6 is 37.2 Å². The number of halogens is 2. The molecule has 0 heterocycles. The summed E-state index contributed by atoms with van der Waals surface area (Å²) < 4.78 is 0. The highest BCUT2D eigenvalue weighted by atomic mass is 128. The molecule has 2 heteroatoms. The molecule has 0 amide bonds. The average Bonchev–Trinajstić information content (AvgIpc) is 1.36. The Balaban J connectivity index is 0. The Morgan fingerprint density at radius 2 is 0.857 bits per heavy atom.